The number of ether oxygens (including phenoxy) is 2. The van der Waals surface area contributed by atoms with Crippen molar-refractivity contribution in [1.29, 1.82) is 0 Å². The van der Waals surface area contributed by atoms with Crippen LogP contribution in [0.1, 0.15) is 11.3 Å². The Morgan fingerprint density at radius 1 is 0.900 bits per heavy atom. The van der Waals surface area contributed by atoms with Crippen LogP contribution in [0.5, 0.6) is 11.5 Å². The molecule has 0 atom stereocenters. The molecule has 0 fully saturated rings. The van der Waals surface area contributed by atoms with Gasteiger partial charge in [-0.25, -0.2) is 0 Å². The fourth-order valence-electron chi connectivity index (χ4n) is 3.99. The molecule has 0 N–H and O–H groups in total. The van der Waals surface area contributed by atoms with Crippen LogP contribution >= 0.6 is 11.3 Å². The summed E-state index contributed by atoms with van der Waals surface area (Å²) in [5.41, 5.74) is 3.53. The van der Waals surface area contributed by atoms with Gasteiger partial charge in [0.25, 0.3) is 0 Å². The van der Waals surface area contributed by atoms with E-state index < -0.39 is 0 Å². The molecule has 5 rings (SSSR count). The quantitative estimate of drug-likeness (QED) is 0.284. The predicted octanol–water partition coefficient (Wildman–Crippen LogP) is 6.81. The Balaban J connectivity index is 1.55. The van der Waals surface area contributed by atoms with Crippen molar-refractivity contribution < 1.29 is 9.47 Å². The van der Waals surface area contributed by atoms with E-state index in [1.807, 2.05) is 17.4 Å². The van der Waals surface area contributed by atoms with E-state index in [1.54, 1.807) is 0 Å². The Labute approximate surface area is 181 Å². The smallest absolute Gasteiger partial charge is 0.143 e. The maximum absolute atomic E-state index is 6.50. The van der Waals surface area contributed by atoms with Gasteiger partial charge in [0.05, 0.1) is 6.61 Å². The third kappa shape index (κ3) is 3.63. The van der Waals surface area contributed by atoms with E-state index in [1.165, 1.54) is 20.7 Å². The molecule has 0 spiro atoms. The summed E-state index contributed by atoms with van der Waals surface area (Å²) in [6, 6.07) is 23.4. The minimum atomic E-state index is 0.650. The van der Waals surface area contributed by atoms with Crippen LogP contribution < -0.4 is 4.74 Å². The molecule has 0 aliphatic carbocycles. The minimum absolute atomic E-state index is 0.650. The highest BCUT2D eigenvalue weighted by Crippen LogP contribution is 2.52. The van der Waals surface area contributed by atoms with Gasteiger partial charge in [0.15, 0.2) is 0 Å². The summed E-state index contributed by atoms with van der Waals surface area (Å²) in [5, 5.41) is 2.34. The second kappa shape index (κ2) is 8.23. The molecule has 1 aliphatic rings. The van der Waals surface area contributed by atoms with Crippen LogP contribution in [0.3, 0.4) is 0 Å². The van der Waals surface area contributed by atoms with Gasteiger partial charge in [0.1, 0.15) is 11.5 Å². The number of hydrogen-bond acceptors (Lipinski definition) is 4. The van der Waals surface area contributed by atoms with E-state index in [-0.39, 0.29) is 0 Å². The van der Waals surface area contributed by atoms with Crippen LogP contribution in [0.25, 0.3) is 32.3 Å². The van der Waals surface area contributed by atoms with E-state index in [2.05, 4.69) is 79.7 Å². The molecule has 0 radical (unpaired) electrons. The van der Waals surface area contributed by atoms with Gasteiger partial charge in [-0.3, -0.25) is 0 Å². The van der Waals surface area contributed by atoms with Gasteiger partial charge in [0, 0.05) is 38.4 Å². The topological polar surface area (TPSA) is 21.7 Å². The van der Waals surface area contributed by atoms with Crippen LogP contribution in [-0.4, -0.2) is 32.1 Å². The van der Waals surface area contributed by atoms with E-state index in [9.17, 15) is 0 Å². The van der Waals surface area contributed by atoms with Crippen molar-refractivity contribution in [3.63, 3.8) is 0 Å². The molecule has 0 saturated heterocycles. The average Bonchev–Trinajstić information content (AvgIpc) is 3.12. The zero-order valence-electron chi connectivity index (χ0n) is 17.4. The van der Waals surface area contributed by atoms with Crippen molar-refractivity contribution in [1.82, 2.24) is 4.90 Å². The van der Waals surface area contributed by atoms with Gasteiger partial charge < -0.3 is 14.4 Å². The van der Waals surface area contributed by atoms with Crippen LogP contribution in [0.4, 0.5) is 0 Å². The maximum Gasteiger partial charge on any atom is 0.143 e. The summed E-state index contributed by atoms with van der Waals surface area (Å²) in [7, 11) is 4.19. The molecule has 1 aliphatic heterocycles. The van der Waals surface area contributed by atoms with Crippen LogP contribution in [0, 0.1) is 0 Å². The lowest BCUT2D eigenvalue weighted by Crippen LogP contribution is -2.14. The zero-order chi connectivity index (χ0) is 20.5. The molecular weight excluding hydrogens is 390 g/mol. The van der Waals surface area contributed by atoms with Crippen LogP contribution in [0.2, 0.25) is 0 Å². The monoisotopic (exact) mass is 415 g/mol. The van der Waals surface area contributed by atoms with Gasteiger partial charge in [-0.15, -0.1) is 11.3 Å². The Morgan fingerprint density at radius 3 is 2.63 bits per heavy atom. The number of fused-ring (bicyclic) bond motifs is 7. The van der Waals surface area contributed by atoms with Crippen molar-refractivity contribution in [3.8, 4) is 33.1 Å². The third-order valence-corrected chi connectivity index (χ3v) is 6.58. The lowest BCUT2D eigenvalue weighted by atomic mass is 10.00. The molecule has 0 bridgehead atoms. The molecule has 152 valence electrons. The number of benzene rings is 3. The highest BCUT2D eigenvalue weighted by molar-refractivity contribution is 7.16. The molecule has 0 amide bonds. The first-order chi connectivity index (χ1) is 14.7. The highest BCUT2D eigenvalue weighted by atomic mass is 32.1. The molecule has 3 aromatic carbocycles. The van der Waals surface area contributed by atoms with Crippen LogP contribution in [0.15, 0.2) is 66.7 Å². The SMILES string of the molecule is CN(C)CCCOCc1cc2c(s1)-c1ccc3ccccc3c1Oc1ccccc1-2. The largest absolute Gasteiger partial charge is 0.455 e. The molecular formula is C26H25NO2S. The lowest BCUT2D eigenvalue weighted by molar-refractivity contribution is 0.115. The van der Waals surface area contributed by atoms with Crippen molar-refractivity contribution >= 4 is 22.1 Å². The molecule has 4 aromatic rings. The van der Waals surface area contributed by atoms with Gasteiger partial charge >= 0.3 is 0 Å². The van der Waals surface area contributed by atoms with Crippen LogP contribution in [-0.2, 0) is 11.3 Å². The number of hydrogen-bond donors (Lipinski definition) is 0. The number of rotatable bonds is 6. The maximum atomic E-state index is 6.50. The van der Waals surface area contributed by atoms with Crippen molar-refractivity contribution in [2.75, 3.05) is 27.2 Å². The van der Waals surface area contributed by atoms with Crippen molar-refractivity contribution in [2.45, 2.75) is 13.0 Å². The van der Waals surface area contributed by atoms with Gasteiger partial charge in [-0.05, 0) is 50.6 Å². The summed E-state index contributed by atoms with van der Waals surface area (Å²) < 4.78 is 12.5. The second-order valence-electron chi connectivity index (χ2n) is 7.93. The van der Waals surface area contributed by atoms with E-state index >= 15 is 0 Å². The molecule has 30 heavy (non-hydrogen) atoms. The molecule has 4 heteroatoms. The molecule has 0 saturated carbocycles. The fraction of sp³-hybridized carbons (Fsp3) is 0.231. The first-order valence-corrected chi connectivity index (χ1v) is 11.2. The number of nitrogens with zero attached hydrogens (tertiary/aromatic N) is 1. The summed E-state index contributed by atoms with van der Waals surface area (Å²) in [6.07, 6.45) is 1.05. The summed E-state index contributed by atoms with van der Waals surface area (Å²) in [5.74, 6) is 1.85. The van der Waals surface area contributed by atoms with Gasteiger partial charge in [-0.1, -0.05) is 48.5 Å². The van der Waals surface area contributed by atoms with E-state index in [4.69, 9.17) is 9.47 Å². The number of thiophene rings is 1. The summed E-state index contributed by atoms with van der Waals surface area (Å²) in [6.45, 7) is 2.48. The highest BCUT2D eigenvalue weighted by Gasteiger charge is 2.24. The lowest BCUT2D eigenvalue weighted by Gasteiger charge is -2.12. The first-order valence-electron chi connectivity index (χ1n) is 10.4. The van der Waals surface area contributed by atoms with Gasteiger partial charge in [-0.2, -0.15) is 0 Å². The minimum Gasteiger partial charge on any atom is -0.455 e. The number of para-hydroxylation sites is 1. The molecule has 0 unspecified atom stereocenters. The zero-order valence-corrected chi connectivity index (χ0v) is 18.2. The van der Waals surface area contributed by atoms with Gasteiger partial charge in [0.2, 0.25) is 0 Å². The Morgan fingerprint density at radius 2 is 1.73 bits per heavy atom. The van der Waals surface area contributed by atoms with Crippen molar-refractivity contribution in [2.24, 2.45) is 0 Å². The fourth-order valence-corrected chi connectivity index (χ4v) is 5.12. The Hall–Kier alpha value is -2.66. The standard InChI is InChI=1S/C26H25NO2S/c1-27(2)14-7-15-28-17-19-16-23-21-10-5-6-11-24(21)29-25-20-9-4-3-8-18(20)12-13-22(25)26(23)30-19/h3-6,8-13,16H,7,14-15,17H2,1-2H3. The normalized spacial score (nSPS) is 12.2. The average molecular weight is 416 g/mol. The molecule has 3 nitrogen and oxygen atoms in total. The first kappa shape index (κ1) is 19.3. The second-order valence-corrected chi connectivity index (χ2v) is 9.06. The Kier molecular flexibility index (Phi) is 5.30. The predicted molar refractivity (Wildman–Crippen MR) is 126 cm³/mol. The van der Waals surface area contributed by atoms with E-state index in [0.717, 1.165) is 47.6 Å². The summed E-state index contributed by atoms with van der Waals surface area (Å²) >= 11 is 1.81. The third-order valence-electron chi connectivity index (χ3n) is 5.43. The molecule has 1 aromatic heterocycles. The van der Waals surface area contributed by atoms with Crippen molar-refractivity contribution in [3.05, 3.63) is 71.6 Å². The summed E-state index contributed by atoms with van der Waals surface area (Å²) in [4.78, 5) is 4.70. The van der Waals surface area contributed by atoms with E-state index in [0.29, 0.717) is 6.61 Å². The Bertz CT molecular complexity index is 1190. The molecule has 2 heterocycles.